The molecular formula is C12H9BrFNO2S. The number of fused-ring (bicyclic) bond motifs is 1. The highest BCUT2D eigenvalue weighted by Crippen LogP contribution is 2.30. The van der Waals surface area contributed by atoms with Gasteiger partial charge in [0, 0.05) is 15.9 Å². The van der Waals surface area contributed by atoms with Crippen LogP contribution in [0.3, 0.4) is 0 Å². The number of phenols is 1. The normalized spacial score (nSPS) is 12.7. The third kappa shape index (κ3) is 2.35. The Balaban J connectivity index is 2.68. The molecule has 0 aliphatic carbocycles. The Morgan fingerprint density at radius 3 is 2.78 bits per heavy atom. The zero-order valence-corrected chi connectivity index (χ0v) is 11.8. The molecule has 0 saturated heterocycles. The number of thiol groups is 1. The molecule has 0 aliphatic heterocycles. The van der Waals surface area contributed by atoms with Crippen molar-refractivity contribution < 1.29 is 14.3 Å². The molecule has 3 nitrogen and oxygen atoms in total. The molecule has 1 aromatic heterocycles. The highest BCUT2D eigenvalue weighted by Gasteiger charge is 2.18. The Labute approximate surface area is 117 Å². The number of hydrogen-bond donors (Lipinski definition) is 2. The van der Waals surface area contributed by atoms with Gasteiger partial charge in [-0.15, -0.1) is 12.6 Å². The lowest BCUT2D eigenvalue weighted by Crippen LogP contribution is -2.05. The van der Waals surface area contributed by atoms with Crippen LogP contribution < -0.4 is 0 Å². The lowest BCUT2D eigenvalue weighted by Gasteiger charge is -2.10. The maximum atomic E-state index is 13.3. The van der Waals surface area contributed by atoms with E-state index in [1.807, 2.05) is 0 Å². The van der Waals surface area contributed by atoms with Crippen molar-refractivity contribution in [2.24, 2.45) is 0 Å². The number of aromatic hydroxyl groups is 1. The van der Waals surface area contributed by atoms with Crippen molar-refractivity contribution in [3.05, 3.63) is 34.2 Å². The minimum Gasteiger partial charge on any atom is -0.505 e. The molecule has 0 amide bonds. The molecule has 0 saturated carbocycles. The number of rotatable bonds is 2. The first-order valence-corrected chi connectivity index (χ1v) is 6.35. The minimum absolute atomic E-state index is 0.318. The fourth-order valence-corrected chi connectivity index (χ4v) is 2.40. The van der Waals surface area contributed by atoms with Crippen LogP contribution in [0.5, 0.6) is 5.75 Å². The predicted octanol–water partition coefficient (Wildman–Crippen LogP) is 3.40. The largest absolute Gasteiger partial charge is 0.505 e. The van der Waals surface area contributed by atoms with Crippen molar-refractivity contribution in [2.45, 2.75) is 12.8 Å². The van der Waals surface area contributed by atoms with Crippen LogP contribution in [0.15, 0.2) is 22.7 Å². The molecule has 1 N–H and O–H groups in total. The van der Waals surface area contributed by atoms with Gasteiger partial charge in [0.25, 0.3) is 0 Å². The summed E-state index contributed by atoms with van der Waals surface area (Å²) in [4.78, 5) is 15.5. The van der Waals surface area contributed by atoms with E-state index in [0.717, 1.165) is 6.07 Å². The average molecular weight is 330 g/mol. The topological polar surface area (TPSA) is 50.2 Å². The standard InChI is InChI=1S/C12H9BrFNO2S/c1-5(12(17)18)11-7(13)2-6-3-10(16)8(14)4-9(6)15-11/h2-5,16H,1H3,(H,17,18). The third-order valence-corrected chi connectivity index (χ3v) is 3.67. The molecule has 1 aromatic carbocycles. The molecule has 0 fully saturated rings. The van der Waals surface area contributed by atoms with Crippen molar-refractivity contribution in [3.63, 3.8) is 0 Å². The number of halogens is 2. The zero-order valence-electron chi connectivity index (χ0n) is 9.32. The molecule has 0 aliphatic rings. The molecule has 1 atom stereocenters. The molecule has 0 spiro atoms. The van der Waals surface area contributed by atoms with Gasteiger partial charge in [-0.2, -0.15) is 0 Å². The molecule has 1 heterocycles. The summed E-state index contributed by atoms with van der Waals surface area (Å²) in [5, 5.41) is 9.56. The number of phenolic OH excluding ortho intramolecular Hbond substituents is 1. The van der Waals surface area contributed by atoms with Crippen LogP contribution in [0.25, 0.3) is 10.9 Å². The predicted molar refractivity (Wildman–Crippen MR) is 73.5 cm³/mol. The Morgan fingerprint density at radius 1 is 1.50 bits per heavy atom. The quantitative estimate of drug-likeness (QED) is 0.830. The number of hydrogen-bond acceptors (Lipinski definition) is 3. The third-order valence-electron chi connectivity index (χ3n) is 2.64. The second-order valence-electron chi connectivity index (χ2n) is 3.91. The van der Waals surface area contributed by atoms with Gasteiger partial charge in [0.05, 0.1) is 17.1 Å². The Hall–Kier alpha value is -1.14. The van der Waals surface area contributed by atoms with E-state index < -0.39 is 17.5 Å². The molecule has 1 unspecified atom stereocenters. The van der Waals surface area contributed by atoms with Gasteiger partial charge < -0.3 is 5.11 Å². The smallest absolute Gasteiger partial charge is 0.194 e. The fourth-order valence-electron chi connectivity index (χ4n) is 1.59. The van der Waals surface area contributed by atoms with Gasteiger partial charge in [-0.25, -0.2) is 4.39 Å². The molecular weight excluding hydrogens is 321 g/mol. The lowest BCUT2D eigenvalue weighted by molar-refractivity contribution is -0.111. The molecule has 94 valence electrons. The second kappa shape index (κ2) is 4.85. The minimum atomic E-state index is -0.742. The molecule has 18 heavy (non-hydrogen) atoms. The summed E-state index contributed by atoms with van der Waals surface area (Å²) in [6.45, 7) is 1.67. The van der Waals surface area contributed by atoms with Gasteiger partial charge in [0.2, 0.25) is 0 Å². The molecule has 2 aromatic rings. The van der Waals surface area contributed by atoms with Crippen LogP contribution in [-0.2, 0) is 4.79 Å². The summed E-state index contributed by atoms with van der Waals surface area (Å²) in [7, 11) is 0. The Morgan fingerprint density at radius 2 is 2.17 bits per heavy atom. The molecule has 0 bridgehead atoms. The fraction of sp³-hybridized carbons (Fsp3) is 0.167. The van der Waals surface area contributed by atoms with Crippen LogP contribution in [0.2, 0.25) is 0 Å². The maximum Gasteiger partial charge on any atom is 0.194 e. The van der Waals surface area contributed by atoms with Crippen molar-refractivity contribution in [3.8, 4) is 5.75 Å². The van der Waals surface area contributed by atoms with Gasteiger partial charge in [-0.3, -0.25) is 9.78 Å². The molecule has 6 heteroatoms. The van der Waals surface area contributed by atoms with E-state index in [2.05, 4.69) is 33.5 Å². The van der Waals surface area contributed by atoms with E-state index in [-0.39, 0.29) is 5.12 Å². The first-order chi connectivity index (χ1) is 8.40. The van der Waals surface area contributed by atoms with Crippen molar-refractivity contribution in [1.82, 2.24) is 4.98 Å². The average Bonchev–Trinajstić information content (AvgIpc) is 2.29. The summed E-state index contributed by atoms with van der Waals surface area (Å²) in [5.41, 5.74) is 0.873. The number of carbonyl (C=O) groups is 1. The first kappa shape index (κ1) is 13.3. The Bertz CT molecular complexity index is 648. The first-order valence-electron chi connectivity index (χ1n) is 5.11. The number of pyridine rings is 1. The molecule has 0 radical (unpaired) electrons. The van der Waals surface area contributed by atoms with Gasteiger partial charge in [-0.05, 0) is 35.0 Å². The number of aromatic nitrogens is 1. The van der Waals surface area contributed by atoms with E-state index in [4.69, 9.17) is 0 Å². The van der Waals surface area contributed by atoms with Crippen LogP contribution in [0.1, 0.15) is 18.5 Å². The van der Waals surface area contributed by atoms with E-state index in [0.29, 0.717) is 21.1 Å². The van der Waals surface area contributed by atoms with Gasteiger partial charge in [0.1, 0.15) is 0 Å². The van der Waals surface area contributed by atoms with Crippen LogP contribution in [-0.4, -0.2) is 15.2 Å². The van der Waals surface area contributed by atoms with Gasteiger partial charge in [-0.1, -0.05) is 0 Å². The van der Waals surface area contributed by atoms with Crippen molar-refractivity contribution in [1.29, 1.82) is 0 Å². The summed E-state index contributed by atoms with van der Waals surface area (Å²) in [6, 6.07) is 4.11. The van der Waals surface area contributed by atoms with Crippen molar-refractivity contribution in [2.75, 3.05) is 0 Å². The van der Waals surface area contributed by atoms with E-state index in [9.17, 15) is 14.3 Å². The summed E-state index contributed by atoms with van der Waals surface area (Å²) < 4.78 is 13.9. The van der Waals surface area contributed by atoms with E-state index in [1.54, 1.807) is 13.0 Å². The highest BCUT2D eigenvalue weighted by molar-refractivity contribution is 9.10. The number of benzene rings is 1. The summed E-state index contributed by atoms with van der Waals surface area (Å²) in [6.07, 6.45) is 0. The Kier molecular flexibility index (Phi) is 3.59. The van der Waals surface area contributed by atoms with Crippen LogP contribution in [0.4, 0.5) is 4.39 Å². The number of nitrogens with zero attached hydrogens (tertiary/aromatic N) is 1. The van der Waals surface area contributed by atoms with Crippen LogP contribution in [0, 0.1) is 5.82 Å². The highest BCUT2D eigenvalue weighted by atomic mass is 79.9. The number of carbonyl (C=O) groups excluding carboxylic acids is 1. The van der Waals surface area contributed by atoms with Gasteiger partial charge >= 0.3 is 0 Å². The zero-order chi connectivity index (χ0) is 13.4. The lowest BCUT2D eigenvalue weighted by atomic mass is 10.1. The monoisotopic (exact) mass is 329 g/mol. The van der Waals surface area contributed by atoms with E-state index >= 15 is 0 Å². The van der Waals surface area contributed by atoms with Crippen LogP contribution >= 0.6 is 28.6 Å². The second-order valence-corrected chi connectivity index (χ2v) is 5.21. The van der Waals surface area contributed by atoms with E-state index in [1.165, 1.54) is 6.07 Å². The SMILES string of the molecule is CC(C(=O)S)c1nc2cc(F)c(O)cc2cc1Br. The summed E-state index contributed by atoms with van der Waals surface area (Å²) in [5.74, 6) is -1.67. The summed E-state index contributed by atoms with van der Waals surface area (Å²) >= 11 is 7.07. The van der Waals surface area contributed by atoms with Crippen molar-refractivity contribution >= 4 is 44.6 Å². The van der Waals surface area contributed by atoms with Gasteiger partial charge in [0.15, 0.2) is 16.7 Å². The maximum absolute atomic E-state index is 13.3. The molecule has 2 rings (SSSR count).